The fourth-order valence-corrected chi connectivity index (χ4v) is 14.5. The van der Waals surface area contributed by atoms with Gasteiger partial charge < -0.3 is 18.4 Å². The van der Waals surface area contributed by atoms with Gasteiger partial charge in [-0.15, -0.1) is 0 Å². The average molecular weight is 1450 g/mol. The van der Waals surface area contributed by atoms with Gasteiger partial charge in [0.05, 0.1) is 94.6 Å². The van der Waals surface area contributed by atoms with E-state index in [1.807, 2.05) is 121 Å². The van der Waals surface area contributed by atoms with Crippen molar-refractivity contribution in [2.45, 2.75) is 6.42 Å². The van der Waals surface area contributed by atoms with Gasteiger partial charge in [0.1, 0.15) is 28.8 Å². The van der Waals surface area contributed by atoms with Crippen molar-refractivity contribution in [2.24, 2.45) is 0 Å². The summed E-state index contributed by atoms with van der Waals surface area (Å²) in [7, 11) is 1.37. The number of amides is 2. The summed E-state index contributed by atoms with van der Waals surface area (Å²) in [6.45, 7) is 8.02. The molecule has 2 aliphatic rings. The first-order valence-corrected chi connectivity index (χ1v) is 34.2. The minimum atomic E-state index is -0.867. The Bertz CT molecular complexity index is 5990. The van der Waals surface area contributed by atoms with E-state index < -0.39 is 43.2 Å². The van der Waals surface area contributed by atoms with Gasteiger partial charge in [0, 0.05) is 51.9 Å². The van der Waals surface area contributed by atoms with E-state index in [0.29, 0.717) is 55.4 Å². The third kappa shape index (κ3) is 11.9. The molecule has 105 heavy (non-hydrogen) atoms. The summed E-state index contributed by atoms with van der Waals surface area (Å²) in [4.78, 5) is 106. The molecule has 0 saturated carbocycles. The highest BCUT2D eigenvalue weighted by molar-refractivity contribution is 6.85. The number of hydrogen-bond acceptors (Lipinski definition) is 13. The van der Waals surface area contributed by atoms with Gasteiger partial charge in [0.2, 0.25) is 5.70 Å². The number of nitrogens with zero attached hydrogens (tertiary/aromatic N) is 9. The molecule has 0 radical (unpaired) electrons. The van der Waals surface area contributed by atoms with Gasteiger partial charge in [-0.05, 0) is 120 Å². The molecule has 0 spiro atoms. The molecule has 5 heterocycles. The van der Waals surface area contributed by atoms with E-state index in [4.69, 9.17) is 75.8 Å². The number of fused-ring (bicyclic) bond motifs is 5. The Morgan fingerprint density at radius 1 is 0.476 bits per heavy atom. The molecule has 16 rings (SSSR count). The summed E-state index contributed by atoms with van der Waals surface area (Å²) in [6, 6.07) is 69.7. The number of carbonyl (C=O) groups excluding carboxylic acids is 6. The molecule has 1 aliphatic heterocycles. The first-order chi connectivity index (χ1) is 51.0. The van der Waals surface area contributed by atoms with Gasteiger partial charge in [-0.1, -0.05) is 190 Å². The molecule has 0 N–H and O–H groups in total. The van der Waals surface area contributed by atoms with E-state index in [2.05, 4.69) is 19.9 Å². The lowest BCUT2D eigenvalue weighted by atomic mass is 9.50. The zero-order valence-corrected chi connectivity index (χ0v) is 57.8. The van der Waals surface area contributed by atoms with Gasteiger partial charge >= 0.3 is 25.6 Å². The predicted molar refractivity (Wildman–Crippen MR) is 406 cm³/mol. The second kappa shape index (κ2) is 27.1. The number of ketones is 2. The van der Waals surface area contributed by atoms with Gasteiger partial charge in [-0.2, -0.15) is 5.26 Å². The Hall–Kier alpha value is -12.9. The molecule has 17 nitrogen and oxygen atoms in total. The highest BCUT2D eigenvalue weighted by Gasteiger charge is 2.39. The van der Waals surface area contributed by atoms with Crippen LogP contribution in [0.15, 0.2) is 243 Å². The number of aromatic nitrogens is 6. The van der Waals surface area contributed by atoms with Crippen molar-refractivity contribution in [3.63, 3.8) is 0 Å². The molecular formula is C82H45B2Cl4N9O8. The van der Waals surface area contributed by atoms with E-state index in [9.17, 15) is 40.6 Å². The molecule has 500 valence electrons. The van der Waals surface area contributed by atoms with E-state index in [1.54, 1.807) is 72.8 Å². The second-order valence-electron chi connectivity index (χ2n) is 24.8. The molecule has 10 aromatic carbocycles. The molecule has 1 aliphatic carbocycles. The van der Waals surface area contributed by atoms with Crippen molar-refractivity contribution in [3.8, 4) is 40.1 Å². The van der Waals surface area contributed by atoms with Crippen molar-refractivity contribution >= 4 is 161 Å². The quantitative estimate of drug-likeness (QED) is 0.0248. The largest absolute Gasteiger partial charge is 0.423 e. The minimum absolute atomic E-state index is 0.00256. The summed E-state index contributed by atoms with van der Waals surface area (Å²) in [5, 5.41) is 14.7. The summed E-state index contributed by atoms with van der Waals surface area (Å²) in [5.74, 6) is -3.24. The number of ether oxygens (including phenoxy) is 2. The smallest absolute Gasteiger partial charge is 0.343 e. The molecule has 4 aromatic heterocycles. The standard InChI is InChI=1S/C82H45B2Cl4N9O8/c1-90-74(69-44-92-65-38-61(86)63(88)40-67(65)94-69)78-73-72(75(97(78)84(51-19-11-5-12-20-51)52-21-13-6-14-22-52)45-23-29-54(30-24-45)105-82(103)48-28-34-56-58(36-48)80(101)95(2)79(56)100)77(59(42-89)68-43-91-64-37-60(85)62(87)39-66(64)93-68)96(83(49-15-7-3-8-16-49)50-17-9-4-10-18-50)76(73)46-25-31-53(32-26-46)104-81(102)47-27-33-55-57(35-47)71(99)41-70(55)98/h3-40,43-44H,41H2,2H3/b77-59-,78-74+. The van der Waals surface area contributed by atoms with Crippen LogP contribution in [0.2, 0.25) is 20.1 Å². The highest BCUT2D eigenvalue weighted by atomic mass is 35.5. The Morgan fingerprint density at radius 3 is 1.32 bits per heavy atom. The molecule has 0 fully saturated rings. The monoisotopic (exact) mass is 1450 g/mol. The lowest BCUT2D eigenvalue weighted by Gasteiger charge is -2.24. The zero-order chi connectivity index (χ0) is 72.5. The van der Waals surface area contributed by atoms with Crippen LogP contribution in [0.1, 0.15) is 80.0 Å². The Labute approximate surface area is 618 Å². The zero-order valence-electron chi connectivity index (χ0n) is 54.8. The molecule has 0 unspecified atom stereocenters. The number of carbonyl (C=O) groups is 6. The molecular weight excluding hydrogens is 1400 g/mol. The Kier molecular flexibility index (Phi) is 17.2. The average Bonchev–Trinajstić information content (AvgIpc) is 1.52. The molecule has 2 amide bonds. The molecule has 23 heteroatoms. The number of Topliss-reactive ketones (excluding diaryl/α,β-unsaturated/α-hetero) is 2. The van der Waals surface area contributed by atoms with E-state index in [1.165, 1.54) is 55.8 Å². The van der Waals surface area contributed by atoms with Crippen molar-refractivity contribution < 1.29 is 38.2 Å². The van der Waals surface area contributed by atoms with Crippen LogP contribution in [-0.2, 0) is 0 Å². The van der Waals surface area contributed by atoms with Crippen LogP contribution >= 0.6 is 46.4 Å². The van der Waals surface area contributed by atoms with Gasteiger partial charge in [-0.3, -0.25) is 39.0 Å². The third-order valence-corrected chi connectivity index (χ3v) is 20.1. The van der Waals surface area contributed by atoms with Gasteiger partial charge in [-0.25, -0.2) is 19.4 Å². The maximum Gasteiger partial charge on any atom is 0.343 e. The maximum atomic E-state index is 14.3. The van der Waals surface area contributed by atoms with Crippen LogP contribution in [0.25, 0.3) is 71.5 Å². The highest BCUT2D eigenvalue weighted by Crippen LogP contribution is 2.39. The summed E-state index contributed by atoms with van der Waals surface area (Å²) in [6.07, 6.45) is 2.70. The third-order valence-electron chi connectivity index (χ3n) is 18.7. The Balaban J connectivity index is 1.09. The maximum absolute atomic E-state index is 14.3. The van der Waals surface area contributed by atoms with Crippen molar-refractivity contribution in [1.29, 1.82) is 5.26 Å². The Morgan fingerprint density at radius 2 is 0.867 bits per heavy atom. The van der Waals surface area contributed by atoms with Crippen molar-refractivity contribution in [3.05, 3.63) is 330 Å². The minimum Gasteiger partial charge on any atom is -0.423 e. The SMILES string of the molecule is [C-]#[N+]/C(c1cnc2cc(Cl)c(Cl)cc2n1)=c1\c2c(-c3ccc(OC(=O)c4ccc5c(c4)C(=O)CC5=O)cc3)n(B(c3ccccc3)c3ccccc3)/c(=C(/C#N)c3cnc4cc(Cl)c(Cl)cc4n3)c2c(-c2ccc(OC(=O)c3ccc4c(c3)C(=O)N(C)C4=O)cc2)n1B(c1ccccc1)c1ccccc1. The number of rotatable bonds is 14. The van der Waals surface area contributed by atoms with E-state index >= 15 is 0 Å². The molecule has 0 bridgehead atoms. The molecule has 14 aromatic rings. The van der Waals surface area contributed by atoms with Crippen LogP contribution in [0.3, 0.4) is 0 Å². The lowest BCUT2D eigenvalue weighted by Crippen LogP contribution is -2.54. The van der Waals surface area contributed by atoms with Gasteiger partial charge in [0.25, 0.3) is 11.8 Å². The number of imide groups is 1. The van der Waals surface area contributed by atoms with Crippen LogP contribution < -0.4 is 42.0 Å². The fraction of sp³-hybridized carbons (Fsp3) is 0.0244. The summed E-state index contributed by atoms with van der Waals surface area (Å²) >= 11 is 26.8. The van der Waals surface area contributed by atoms with Crippen LogP contribution in [0, 0.1) is 17.9 Å². The first-order valence-electron chi connectivity index (χ1n) is 32.6. The lowest BCUT2D eigenvalue weighted by molar-refractivity contribution is 0.0688. The van der Waals surface area contributed by atoms with E-state index in [-0.39, 0.29) is 111 Å². The number of benzene rings is 10. The molecule has 0 saturated heterocycles. The normalized spacial score (nSPS) is 13.0. The topological polar surface area (TPSA) is 214 Å². The number of hydrogen-bond donors (Lipinski definition) is 0. The van der Waals surface area contributed by atoms with Crippen LogP contribution in [0.5, 0.6) is 11.5 Å². The van der Waals surface area contributed by atoms with Crippen LogP contribution in [0.4, 0.5) is 0 Å². The number of esters is 2. The number of nitriles is 1. The predicted octanol–water partition coefficient (Wildman–Crippen LogP) is 12.8. The first kappa shape index (κ1) is 66.7. The van der Waals surface area contributed by atoms with Gasteiger partial charge in [0.15, 0.2) is 11.6 Å². The second-order valence-corrected chi connectivity index (χ2v) is 26.5. The fourth-order valence-electron chi connectivity index (χ4n) is 13.9. The van der Waals surface area contributed by atoms with Crippen LogP contribution in [-0.4, -0.2) is 89.9 Å². The number of halogens is 4. The summed E-state index contributed by atoms with van der Waals surface area (Å²) < 4.78 is 16.4. The van der Waals surface area contributed by atoms with Crippen molar-refractivity contribution in [2.75, 3.05) is 7.05 Å². The summed E-state index contributed by atoms with van der Waals surface area (Å²) in [5.41, 5.74) is 6.96. The van der Waals surface area contributed by atoms with E-state index in [0.717, 1.165) is 26.8 Å². The molecule has 0 atom stereocenters. The van der Waals surface area contributed by atoms with Crippen molar-refractivity contribution in [1.82, 2.24) is 33.8 Å².